The second-order valence-electron chi connectivity index (χ2n) is 3.27. The van der Waals surface area contributed by atoms with Gasteiger partial charge < -0.3 is 10.5 Å². The first-order valence-electron chi connectivity index (χ1n) is 4.84. The molecule has 3 nitrogen and oxygen atoms in total. The SMILES string of the molecule is Nc1ncccc1OCc1ccccc1Br. The Morgan fingerprint density at radius 1 is 1.19 bits per heavy atom. The Kier molecular flexibility index (Phi) is 3.41. The minimum absolute atomic E-state index is 0.412. The van der Waals surface area contributed by atoms with E-state index in [1.165, 1.54) is 0 Å². The molecule has 0 saturated heterocycles. The third-order valence-corrected chi connectivity index (χ3v) is 2.91. The average Bonchev–Trinajstić information content (AvgIpc) is 2.30. The number of nitrogens with two attached hydrogens (primary N) is 1. The van der Waals surface area contributed by atoms with Gasteiger partial charge in [-0.15, -0.1) is 0 Å². The molecule has 0 fully saturated rings. The van der Waals surface area contributed by atoms with E-state index in [0.29, 0.717) is 18.2 Å². The summed E-state index contributed by atoms with van der Waals surface area (Å²) in [7, 11) is 0. The molecule has 0 unspecified atom stereocenters. The monoisotopic (exact) mass is 278 g/mol. The van der Waals surface area contributed by atoms with Crippen LogP contribution in [0.25, 0.3) is 0 Å². The Morgan fingerprint density at radius 2 is 2.00 bits per heavy atom. The third kappa shape index (κ3) is 2.52. The largest absolute Gasteiger partial charge is 0.485 e. The van der Waals surface area contributed by atoms with Crippen LogP contribution in [0.3, 0.4) is 0 Å². The van der Waals surface area contributed by atoms with Crippen molar-refractivity contribution in [3.05, 3.63) is 52.6 Å². The minimum atomic E-state index is 0.412. The molecule has 0 amide bonds. The maximum atomic E-state index is 5.67. The van der Waals surface area contributed by atoms with Crippen LogP contribution in [0.15, 0.2) is 47.1 Å². The van der Waals surface area contributed by atoms with Crippen molar-refractivity contribution in [3.8, 4) is 5.75 Å². The lowest BCUT2D eigenvalue weighted by molar-refractivity contribution is 0.306. The molecule has 82 valence electrons. The van der Waals surface area contributed by atoms with E-state index < -0.39 is 0 Å². The van der Waals surface area contributed by atoms with Gasteiger partial charge in [-0.2, -0.15) is 0 Å². The number of ether oxygens (including phenoxy) is 1. The maximum absolute atomic E-state index is 5.67. The van der Waals surface area contributed by atoms with Crippen LogP contribution < -0.4 is 10.5 Å². The molecule has 1 aromatic carbocycles. The molecule has 0 aliphatic carbocycles. The van der Waals surface area contributed by atoms with Gasteiger partial charge >= 0.3 is 0 Å². The Labute approximate surface area is 102 Å². The number of halogens is 1. The van der Waals surface area contributed by atoms with Gasteiger partial charge in [0.25, 0.3) is 0 Å². The van der Waals surface area contributed by atoms with Crippen molar-refractivity contribution < 1.29 is 4.74 Å². The van der Waals surface area contributed by atoms with Crippen LogP contribution in [0.4, 0.5) is 5.82 Å². The van der Waals surface area contributed by atoms with Crippen molar-refractivity contribution in [2.75, 3.05) is 5.73 Å². The molecule has 16 heavy (non-hydrogen) atoms. The summed E-state index contributed by atoms with van der Waals surface area (Å²) in [5, 5.41) is 0. The Bertz CT molecular complexity index is 442. The minimum Gasteiger partial charge on any atom is -0.485 e. The van der Waals surface area contributed by atoms with Crippen LogP contribution in [0.1, 0.15) is 5.56 Å². The van der Waals surface area contributed by atoms with Gasteiger partial charge in [0.15, 0.2) is 11.6 Å². The van der Waals surface area contributed by atoms with E-state index in [-0.39, 0.29) is 0 Å². The van der Waals surface area contributed by atoms with Crippen molar-refractivity contribution in [2.24, 2.45) is 0 Å². The highest BCUT2D eigenvalue weighted by Crippen LogP contribution is 2.21. The Morgan fingerprint density at radius 3 is 2.75 bits per heavy atom. The molecule has 0 bridgehead atoms. The van der Waals surface area contributed by atoms with Crippen LogP contribution in [0.5, 0.6) is 5.75 Å². The summed E-state index contributed by atoms with van der Waals surface area (Å²) >= 11 is 3.46. The number of aromatic nitrogens is 1. The summed E-state index contributed by atoms with van der Waals surface area (Å²) in [6, 6.07) is 11.5. The number of rotatable bonds is 3. The first-order valence-corrected chi connectivity index (χ1v) is 5.63. The summed E-state index contributed by atoms with van der Waals surface area (Å²) in [4.78, 5) is 3.95. The zero-order chi connectivity index (χ0) is 11.4. The molecule has 0 radical (unpaired) electrons. The molecule has 0 spiro atoms. The average molecular weight is 279 g/mol. The van der Waals surface area contributed by atoms with Gasteiger partial charge in [-0.3, -0.25) is 0 Å². The quantitative estimate of drug-likeness (QED) is 0.939. The fraction of sp³-hybridized carbons (Fsp3) is 0.0833. The van der Waals surface area contributed by atoms with Crippen molar-refractivity contribution in [3.63, 3.8) is 0 Å². The number of nitrogen functional groups attached to an aromatic ring is 1. The normalized spacial score (nSPS) is 10.1. The van der Waals surface area contributed by atoms with E-state index in [0.717, 1.165) is 10.0 Å². The van der Waals surface area contributed by atoms with Gasteiger partial charge in [-0.25, -0.2) is 4.98 Å². The Hall–Kier alpha value is -1.55. The molecule has 2 aromatic rings. The second-order valence-corrected chi connectivity index (χ2v) is 4.12. The van der Waals surface area contributed by atoms with Crippen molar-refractivity contribution in [2.45, 2.75) is 6.61 Å². The molecule has 4 heteroatoms. The Balaban J connectivity index is 2.09. The van der Waals surface area contributed by atoms with Crippen LogP contribution in [-0.2, 0) is 6.61 Å². The lowest BCUT2D eigenvalue weighted by Crippen LogP contribution is -2.00. The topological polar surface area (TPSA) is 48.1 Å². The number of anilines is 1. The molecular formula is C12H11BrN2O. The molecule has 0 saturated carbocycles. The van der Waals surface area contributed by atoms with Gasteiger partial charge in [-0.05, 0) is 18.2 Å². The summed E-state index contributed by atoms with van der Waals surface area (Å²) in [6.07, 6.45) is 1.64. The lowest BCUT2D eigenvalue weighted by Gasteiger charge is -2.08. The number of hydrogen-bond acceptors (Lipinski definition) is 3. The molecule has 1 heterocycles. The molecular weight excluding hydrogens is 268 g/mol. The summed E-state index contributed by atoms with van der Waals surface area (Å²) < 4.78 is 6.61. The zero-order valence-corrected chi connectivity index (χ0v) is 10.1. The maximum Gasteiger partial charge on any atom is 0.166 e. The van der Waals surface area contributed by atoms with Gasteiger partial charge in [0, 0.05) is 16.2 Å². The van der Waals surface area contributed by atoms with Crippen molar-refractivity contribution in [1.82, 2.24) is 4.98 Å². The van der Waals surface area contributed by atoms with Gasteiger partial charge in [0.05, 0.1) is 0 Å². The zero-order valence-electron chi connectivity index (χ0n) is 8.56. The highest BCUT2D eigenvalue weighted by atomic mass is 79.9. The fourth-order valence-corrected chi connectivity index (χ4v) is 1.70. The number of benzene rings is 1. The van der Waals surface area contributed by atoms with Crippen LogP contribution in [0.2, 0.25) is 0 Å². The van der Waals surface area contributed by atoms with E-state index >= 15 is 0 Å². The highest BCUT2D eigenvalue weighted by molar-refractivity contribution is 9.10. The fourth-order valence-electron chi connectivity index (χ4n) is 1.30. The van der Waals surface area contributed by atoms with E-state index in [2.05, 4.69) is 20.9 Å². The molecule has 0 atom stereocenters. The highest BCUT2D eigenvalue weighted by Gasteiger charge is 2.02. The number of nitrogens with zero attached hydrogens (tertiary/aromatic N) is 1. The van der Waals surface area contributed by atoms with Gasteiger partial charge in [0.1, 0.15) is 6.61 Å². The van der Waals surface area contributed by atoms with Crippen LogP contribution in [0, 0.1) is 0 Å². The van der Waals surface area contributed by atoms with E-state index in [9.17, 15) is 0 Å². The van der Waals surface area contributed by atoms with Gasteiger partial charge in [0.2, 0.25) is 0 Å². The van der Waals surface area contributed by atoms with Crippen LogP contribution in [-0.4, -0.2) is 4.98 Å². The van der Waals surface area contributed by atoms with Crippen molar-refractivity contribution >= 4 is 21.7 Å². The lowest BCUT2D eigenvalue weighted by atomic mass is 10.2. The van der Waals surface area contributed by atoms with E-state index in [1.807, 2.05) is 24.3 Å². The van der Waals surface area contributed by atoms with Crippen LogP contribution >= 0.6 is 15.9 Å². The summed E-state index contributed by atoms with van der Waals surface area (Å²) in [5.41, 5.74) is 6.75. The standard InChI is InChI=1S/C12H11BrN2O/c13-10-5-2-1-4-9(10)8-16-11-6-3-7-15-12(11)14/h1-7H,8H2,(H2,14,15). The van der Waals surface area contributed by atoms with Gasteiger partial charge in [-0.1, -0.05) is 34.1 Å². The summed E-state index contributed by atoms with van der Waals surface area (Å²) in [6.45, 7) is 0.470. The summed E-state index contributed by atoms with van der Waals surface area (Å²) in [5.74, 6) is 1.02. The second kappa shape index (κ2) is 4.99. The molecule has 1 aromatic heterocycles. The first kappa shape index (κ1) is 11.0. The number of hydrogen-bond donors (Lipinski definition) is 1. The van der Waals surface area contributed by atoms with E-state index in [4.69, 9.17) is 10.5 Å². The predicted molar refractivity (Wildman–Crippen MR) is 67.1 cm³/mol. The molecule has 0 aliphatic heterocycles. The predicted octanol–water partition coefficient (Wildman–Crippen LogP) is 3.01. The van der Waals surface area contributed by atoms with E-state index in [1.54, 1.807) is 18.3 Å². The molecule has 2 rings (SSSR count). The smallest absolute Gasteiger partial charge is 0.166 e. The first-order chi connectivity index (χ1) is 7.77. The molecule has 2 N–H and O–H groups in total. The van der Waals surface area contributed by atoms with Crippen molar-refractivity contribution in [1.29, 1.82) is 0 Å². The third-order valence-electron chi connectivity index (χ3n) is 2.14. The number of pyridine rings is 1. The molecule has 0 aliphatic rings.